The Balaban J connectivity index is 2.85. The minimum absolute atomic E-state index is 0.0467. The summed E-state index contributed by atoms with van der Waals surface area (Å²) in [5, 5.41) is 14.3. The van der Waals surface area contributed by atoms with E-state index in [1.54, 1.807) is 41.5 Å². The van der Waals surface area contributed by atoms with Gasteiger partial charge in [-0.25, -0.2) is 23.1 Å². The van der Waals surface area contributed by atoms with Gasteiger partial charge >= 0.3 is 24.1 Å². The zero-order chi connectivity index (χ0) is 29.3. The fourth-order valence-corrected chi connectivity index (χ4v) is 3.37. The minimum atomic E-state index is -3.82. The molecule has 0 spiro atoms. The Morgan fingerprint density at radius 3 is 1.68 bits per heavy atom. The van der Waals surface area contributed by atoms with Crippen molar-refractivity contribution < 1.29 is 46.9 Å². The lowest BCUT2D eigenvalue weighted by Gasteiger charge is -2.30. The van der Waals surface area contributed by atoms with E-state index in [1.165, 1.54) is 24.3 Å². The number of nitrogens with zero attached hydrogens (tertiary/aromatic N) is 2. The summed E-state index contributed by atoms with van der Waals surface area (Å²) in [5.74, 6) is -2.05. The van der Waals surface area contributed by atoms with E-state index >= 15 is 0 Å². The second kappa shape index (κ2) is 13.4. The summed E-state index contributed by atoms with van der Waals surface area (Å²) < 4.78 is 38.5. The average Bonchev–Trinajstić information content (AvgIpc) is 2.72. The second-order valence-corrected chi connectivity index (χ2v) is 11.9. The van der Waals surface area contributed by atoms with Crippen molar-refractivity contribution in [2.24, 2.45) is 5.14 Å². The molecule has 0 bridgehead atoms. The van der Waals surface area contributed by atoms with Crippen LogP contribution >= 0.6 is 0 Å². The first kappa shape index (κ1) is 32.6. The Bertz CT molecular complexity index is 1090. The number of nitrogens with two attached hydrogens (primary N) is 1. The highest BCUT2D eigenvalue weighted by molar-refractivity contribution is 7.89. The van der Waals surface area contributed by atoms with Gasteiger partial charge < -0.3 is 19.3 Å². The third-order valence-electron chi connectivity index (χ3n) is 4.49. The Morgan fingerprint density at radius 1 is 0.842 bits per heavy atom. The predicted molar refractivity (Wildman–Crippen MR) is 136 cm³/mol. The molecule has 0 fully saturated rings. The number of ether oxygens (including phenoxy) is 3. The molecule has 14 heteroatoms. The molecule has 214 valence electrons. The van der Waals surface area contributed by atoms with Crippen molar-refractivity contribution in [3.05, 3.63) is 29.8 Å². The Hall–Kier alpha value is -3.39. The highest BCUT2D eigenvalue weighted by atomic mass is 32.2. The summed E-state index contributed by atoms with van der Waals surface area (Å²) >= 11 is 0. The van der Waals surface area contributed by atoms with Crippen molar-refractivity contribution in [2.75, 3.05) is 32.8 Å². The third kappa shape index (κ3) is 13.2. The van der Waals surface area contributed by atoms with Crippen LogP contribution in [0.3, 0.4) is 0 Å². The summed E-state index contributed by atoms with van der Waals surface area (Å²) in [6, 6.07) is 5.75. The lowest BCUT2D eigenvalue weighted by molar-refractivity contribution is -0.145. The number of sulfonamides is 1. The molecule has 1 aromatic carbocycles. The van der Waals surface area contributed by atoms with E-state index < -0.39 is 58.4 Å². The van der Waals surface area contributed by atoms with Gasteiger partial charge in [-0.05, 0) is 59.2 Å². The summed E-state index contributed by atoms with van der Waals surface area (Å²) in [6.07, 6.45) is -1.47. The van der Waals surface area contributed by atoms with E-state index in [2.05, 4.69) is 0 Å². The molecule has 0 aliphatic heterocycles. The molecule has 0 aromatic heterocycles. The number of rotatable bonds is 11. The van der Waals surface area contributed by atoms with Gasteiger partial charge in [0.1, 0.15) is 24.3 Å². The summed E-state index contributed by atoms with van der Waals surface area (Å²) in [6.45, 7) is 8.07. The van der Waals surface area contributed by atoms with Crippen LogP contribution in [0.5, 0.6) is 0 Å². The third-order valence-corrected chi connectivity index (χ3v) is 5.42. The number of primary sulfonamides is 1. The van der Waals surface area contributed by atoms with Crippen LogP contribution in [-0.4, -0.2) is 91.4 Å². The van der Waals surface area contributed by atoms with E-state index in [9.17, 15) is 32.7 Å². The molecule has 0 saturated carbocycles. The lowest BCUT2D eigenvalue weighted by atomic mass is 10.2. The van der Waals surface area contributed by atoms with Crippen LogP contribution in [0.1, 0.15) is 47.1 Å². The highest BCUT2D eigenvalue weighted by Gasteiger charge is 2.28. The number of benzene rings is 1. The van der Waals surface area contributed by atoms with Gasteiger partial charge in [-0.15, -0.1) is 0 Å². The molecule has 0 heterocycles. The Morgan fingerprint density at radius 2 is 1.29 bits per heavy atom. The first-order chi connectivity index (χ1) is 17.3. The number of carbonyl (C=O) groups excluding carboxylic acids is 3. The van der Waals surface area contributed by atoms with Gasteiger partial charge in [-0.1, -0.05) is 12.1 Å². The average molecular weight is 560 g/mol. The standard InChI is InChI=1S/C24H37N3O10S/c1-23(2,3)36-21(31)26(15-19(28)29)12-13-27(22(32)37-24(4,5)6)16-20(30)35-14-11-17-7-9-18(10-8-17)38(25,33)34/h7-10H,11-16H2,1-6H3,(H,28,29)(H2,25,33,34). The smallest absolute Gasteiger partial charge is 0.410 e. The van der Waals surface area contributed by atoms with Gasteiger partial charge in [-0.2, -0.15) is 0 Å². The maximum atomic E-state index is 12.7. The Labute approximate surface area is 222 Å². The maximum Gasteiger partial charge on any atom is 0.410 e. The van der Waals surface area contributed by atoms with Gasteiger partial charge in [0.2, 0.25) is 10.0 Å². The van der Waals surface area contributed by atoms with Crippen molar-refractivity contribution in [1.29, 1.82) is 0 Å². The summed E-state index contributed by atoms with van der Waals surface area (Å²) in [7, 11) is -3.82. The van der Waals surface area contributed by atoms with Gasteiger partial charge in [0.05, 0.1) is 11.5 Å². The molecule has 0 atom stereocenters. The van der Waals surface area contributed by atoms with Crippen LogP contribution < -0.4 is 5.14 Å². The molecule has 0 aliphatic carbocycles. The number of carboxylic acid groups (broad SMARTS) is 1. The van der Waals surface area contributed by atoms with Gasteiger partial charge in [0.15, 0.2) is 0 Å². The van der Waals surface area contributed by atoms with E-state index in [0.717, 1.165) is 9.80 Å². The number of hydrogen-bond donors (Lipinski definition) is 2. The van der Waals surface area contributed by atoms with E-state index in [-0.39, 0.29) is 31.0 Å². The number of esters is 1. The number of carboxylic acids is 1. The van der Waals surface area contributed by atoms with Gasteiger partial charge in [-0.3, -0.25) is 19.4 Å². The van der Waals surface area contributed by atoms with Crippen molar-refractivity contribution in [2.45, 2.75) is 64.1 Å². The minimum Gasteiger partial charge on any atom is -0.480 e. The first-order valence-corrected chi connectivity index (χ1v) is 13.3. The number of carbonyl (C=O) groups is 4. The van der Waals surface area contributed by atoms with Crippen molar-refractivity contribution in [3.8, 4) is 0 Å². The molecule has 0 aliphatic rings. The van der Waals surface area contributed by atoms with Crippen molar-refractivity contribution in [1.82, 2.24) is 9.80 Å². The zero-order valence-corrected chi connectivity index (χ0v) is 23.4. The maximum absolute atomic E-state index is 12.7. The fraction of sp³-hybridized carbons (Fsp3) is 0.583. The van der Waals surface area contributed by atoms with E-state index in [4.69, 9.17) is 19.3 Å². The molecule has 0 saturated heterocycles. The molecule has 38 heavy (non-hydrogen) atoms. The normalized spacial score (nSPS) is 11.9. The molecule has 2 amide bonds. The first-order valence-electron chi connectivity index (χ1n) is 11.7. The number of aliphatic carboxylic acids is 1. The molecule has 0 unspecified atom stereocenters. The fourth-order valence-electron chi connectivity index (χ4n) is 2.86. The molecular weight excluding hydrogens is 522 g/mol. The van der Waals surface area contributed by atoms with Crippen LogP contribution in [0.4, 0.5) is 9.59 Å². The molecule has 3 N–H and O–H groups in total. The van der Waals surface area contributed by atoms with E-state index in [0.29, 0.717) is 5.56 Å². The van der Waals surface area contributed by atoms with Crippen LogP contribution in [0.15, 0.2) is 29.2 Å². The molecule has 13 nitrogen and oxygen atoms in total. The molecule has 1 rings (SSSR count). The quantitative estimate of drug-likeness (QED) is 0.300. The van der Waals surface area contributed by atoms with Crippen molar-refractivity contribution in [3.63, 3.8) is 0 Å². The molecule has 1 aromatic rings. The highest BCUT2D eigenvalue weighted by Crippen LogP contribution is 2.13. The zero-order valence-electron chi connectivity index (χ0n) is 22.6. The predicted octanol–water partition coefficient (Wildman–Crippen LogP) is 1.98. The number of amides is 2. The largest absolute Gasteiger partial charge is 0.480 e. The lowest BCUT2D eigenvalue weighted by Crippen LogP contribution is -2.47. The van der Waals surface area contributed by atoms with Gasteiger partial charge in [0.25, 0.3) is 0 Å². The Kier molecular flexibility index (Phi) is 11.5. The number of hydrogen-bond acceptors (Lipinski definition) is 9. The van der Waals surface area contributed by atoms with Crippen LogP contribution in [0, 0.1) is 0 Å². The summed E-state index contributed by atoms with van der Waals surface area (Å²) in [5.41, 5.74) is -1.06. The monoisotopic (exact) mass is 559 g/mol. The van der Waals surface area contributed by atoms with Crippen LogP contribution in [0.25, 0.3) is 0 Å². The SMILES string of the molecule is CC(C)(C)OC(=O)N(CCN(CC(=O)OCCc1ccc(S(N)(=O)=O)cc1)C(=O)OC(C)(C)C)CC(=O)O. The molecular formula is C24H37N3O10S. The van der Waals surface area contributed by atoms with E-state index in [1.807, 2.05) is 0 Å². The second-order valence-electron chi connectivity index (χ2n) is 10.4. The van der Waals surface area contributed by atoms with Crippen molar-refractivity contribution >= 4 is 34.1 Å². The van der Waals surface area contributed by atoms with Crippen LogP contribution in [0.2, 0.25) is 0 Å². The molecule has 0 radical (unpaired) electrons. The summed E-state index contributed by atoms with van der Waals surface area (Å²) in [4.78, 5) is 50.8. The van der Waals surface area contributed by atoms with Gasteiger partial charge in [0, 0.05) is 19.5 Å². The topological polar surface area (TPSA) is 183 Å². The van der Waals surface area contributed by atoms with Crippen LogP contribution in [-0.2, 0) is 40.2 Å².